The zero-order valence-electron chi connectivity index (χ0n) is 13.4. The van der Waals surface area contributed by atoms with E-state index in [0.717, 1.165) is 11.8 Å². The maximum atomic E-state index is 12.7. The summed E-state index contributed by atoms with van der Waals surface area (Å²) >= 11 is 1.24. The standard InChI is InChI=1S/C15H17F3N4OS/c1-8(2)10-7-24-14(21-10)13(23)19-5-4-12-20-9(3)6-11(22-12)15(16,17)18/h6-8H,4-5H2,1-3H3,(H,19,23). The van der Waals surface area contributed by atoms with E-state index in [-0.39, 0.29) is 36.3 Å². The van der Waals surface area contributed by atoms with Crippen LogP contribution in [0.15, 0.2) is 11.4 Å². The smallest absolute Gasteiger partial charge is 0.350 e. The van der Waals surface area contributed by atoms with Crippen LogP contribution in [0.2, 0.25) is 0 Å². The Bertz CT molecular complexity index is 728. The third-order valence-electron chi connectivity index (χ3n) is 3.13. The van der Waals surface area contributed by atoms with Crippen molar-refractivity contribution in [2.75, 3.05) is 6.54 Å². The second-order valence-electron chi connectivity index (χ2n) is 5.55. The number of thiazole rings is 1. The molecule has 9 heteroatoms. The summed E-state index contributed by atoms with van der Waals surface area (Å²) in [5.74, 6) is -0.0792. The second kappa shape index (κ2) is 7.25. The van der Waals surface area contributed by atoms with Gasteiger partial charge in [-0.1, -0.05) is 13.8 Å². The molecule has 0 bridgehead atoms. The monoisotopic (exact) mass is 358 g/mol. The number of alkyl halides is 3. The Balaban J connectivity index is 1.96. The van der Waals surface area contributed by atoms with Gasteiger partial charge in [-0.05, 0) is 18.9 Å². The minimum atomic E-state index is -4.51. The van der Waals surface area contributed by atoms with E-state index in [0.29, 0.717) is 5.01 Å². The highest BCUT2D eigenvalue weighted by Crippen LogP contribution is 2.27. The molecule has 2 heterocycles. The summed E-state index contributed by atoms with van der Waals surface area (Å²) in [6, 6.07) is 0.894. The highest BCUT2D eigenvalue weighted by Gasteiger charge is 2.33. The highest BCUT2D eigenvalue weighted by atomic mass is 32.1. The molecule has 1 N–H and O–H groups in total. The number of aromatic nitrogens is 3. The summed E-state index contributed by atoms with van der Waals surface area (Å²) in [6.45, 7) is 5.56. The second-order valence-corrected chi connectivity index (χ2v) is 6.40. The number of carbonyl (C=O) groups is 1. The first-order valence-corrected chi connectivity index (χ1v) is 8.20. The lowest BCUT2D eigenvalue weighted by atomic mass is 10.2. The quantitative estimate of drug-likeness (QED) is 0.890. The molecule has 0 aromatic carbocycles. The zero-order valence-corrected chi connectivity index (χ0v) is 14.3. The van der Waals surface area contributed by atoms with Gasteiger partial charge in [-0.15, -0.1) is 11.3 Å². The fourth-order valence-electron chi connectivity index (χ4n) is 1.91. The van der Waals surface area contributed by atoms with Crippen molar-refractivity contribution in [1.82, 2.24) is 20.3 Å². The molecule has 2 aromatic rings. The van der Waals surface area contributed by atoms with Gasteiger partial charge in [0.25, 0.3) is 5.91 Å². The van der Waals surface area contributed by atoms with E-state index in [9.17, 15) is 18.0 Å². The lowest BCUT2D eigenvalue weighted by Crippen LogP contribution is -2.26. The first-order chi connectivity index (χ1) is 11.2. The molecule has 24 heavy (non-hydrogen) atoms. The number of hydrogen-bond acceptors (Lipinski definition) is 5. The topological polar surface area (TPSA) is 67.8 Å². The summed E-state index contributed by atoms with van der Waals surface area (Å²) in [4.78, 5) is 23.7. The number of nitrogens with one attached hydrogen (secondary N) is 1. The Morgan fingerprint density at radius 2 is 2.00 bits per heavy atom. The van der Waals surface area contributed by atoms with Crippen LogP contribution < -0.4 is 5.32 Å². The molecular formula is C15H17F3N4OS. The third-order valence-corrected chi connectivity index (χ3v) is 3.99. The molecule has 2 aromatic heterocycles. The summed E-state index contributed by atoms with van der Waals surface area (Å²) in [5.41, 5.74) is 0.0972. The van der Waals surface area contributed by atoms with E-state index in [2.05, 4.69) is 20.3 Å². The molecule has 1 amide bonds. The largest absolute Gasteiger partial charge is 0.433 e. The minimum absolute atomic E-state index is 0.0460. The molecule has 0 fully saturated rings. The van der Waals surface area contributed by atoms with Gasteiger partial charge in [-0.2, -0.15) is 13.2 Å². The van der Waals surface area contributed by atoms with Gasteiger partial charge in [0.2, 0.25) is 0 Å². The van der Waals surface area contributed by atoms with E-state index in [1.807, 2.05) is 19.2 Å². The molecular weight excluding hydrogens is 341 g/mol. The molecule has 0 aliphatic rings. The first-order valence-electron chi connectivity index (χ1n) is 7.32. The molecule has 0 saturated heterocycles. The average molecular weight is 358 g/mol. The summed E-state index contributed by atoms with van der Waals surface area (Å²) in [7, 11) is 0. The van der Waals surface area contributed by atoms with Gasteiger partial charge in [0, 0.05) is 24.0 Å². The molecule has 0 aliphatic carbocycles. The van der Waals surface area contributed by atoms with E-state index < -0.39 is 11.9 Å². The Morgan fingerprint density at radius 1 is 1.29 bits per heavy atom. The predicted octanol–water partition coefficient (Wildman–Crippen LogP) is 3.36. The lowest BCUT2D eigenvalue weighted by Gasteiger charge is -2.09. The Hall–Kier alpha value is -2.03. The van der Waals surface area contributed by atoms with Crippen LogP contribution in [0, 0.1) is 6.92 Å². The number of carbonyl (C=O) groups excluding carboxylic acids is 1. The Morgan fingerprint density at radius 3 is 2.58 bits per heavy atom. The SMILES string of the molecule is Cc1cc(C(F)(F)F)nc(CCNC(=O)c2nc(C(C)C)cs2)n1. The highest BCUT2D eigenvalue weighted by molar-refractivity contribution is 7.11. The van der Waals surface area contributed by atoms with Crippen molar-refractivity contribution in [2.24, 2.45) is 0 Å². The molecule has 0 unspecified atom stereocenters. The van der Waals surface area contributed by atoms with Gasteiger partial charge in [0.05, 0.1) is 5.69 Å². The van der Waals surface area contributed by atoms with Crippen molar-refractivity contribution in [3.8, 4) is 0 Å². The predicted molar refractivity (Wildman–Crippen MR) is 84.0 cm³/mol. The van der Waals surface area contributed by atoms with Crippen molar-refractivity contribution in [1.29, 1.82) is 0 Å². The number of rotatable bonds is 5. The molecule has 2 rings (SSSR count). The lowest BCUT2D eigenvalue weighted by molar-refractivity contribution is -0.141. The summed E-state index contributed by atoms with van der Waals surface area (Å²) in [6.07, 6.45) is -4.40. The van der Waals surface area contributed by atoms with Gasteiger partial charge in [-0.25, -0.2) is 15.0 Å². The van der Waals surface area contributed by atoms with Crippen molar-refractivity contribution in [3.63, 3.8) is 0 Å². The molecule has 0 spiro atoms. The van der Waals surface area contributed by atoms with Crippen LogP contribution in [-0.4, -0.2) is 27.4 Å². The van der Waals surface area contributed by atoms with Gasteiger partial charge < -0.3 is 5.32 Å². The molecule has 0 aliphatic heterocycles. The van der Waals surface area contributed by atoms with Crippen LogP contribution in [0.3, 0.4) is 0 Å². The number of hydrogen-bond donors (Lipinski definition) is 1. The molecule has 0 atom stereocenters. The van der Waals surface area contributed by atoms with Crippen LogP contribution in [0.25, 0.3) is 0 Å². The fraction of sp³-hybridized carbons (Fsp3) is 0.467. The van der Waals surface area contributed by atoms with Gasteiger partial charge >= 0.3 is 6.18 Å². The maximum absolute atomic E-state index is 12.7. The van der Waals surface area contributed by atoms with Crippen molar-refractivity contribution >= 4 is 17.2 Å². The Kier molecular flexibility index (Phi) is 5.53. The van der Waals surface area contributed by atoms with Gasteiger partial charge in [-0.3, -0.25) is 4.79 Å². The normalized spacial score (nSPS) is 11.8. The summed E-state index contributed by atoms with van der Waals surface area (Å²) < 4.78 is 38.2. The minimum Gasteiger partial charge on any atom is -0.350 e. The van der Waals surface area contributed by atoms with Crippen molar-refractivity contribution < 1.29 is 18.0 Å². The maximum Gasteiger partial charge on any atom is 0.433 e. The number of aryl methyl sites for hydroxylation is 1. The number of nitrogens with zero attached hydrogens (tertiary/aromatic N) is 3. The first kappa shape index (κ1) is 18.3. The van der Waals surface area contributed by atoms with Crippen LogP contribution in [-0.2, 0) is 12.6 Å². The fourth-order valence-corrected chi connectivity index (χ4v) is 2.80. The number of amides is 1. The molecule has 5 nitrogen and oxygen atoms in total. The molecule has 0 saturated carbocycles. The van der Waals surface area contributed by atoms with Crippen LogP contribution in [0.1, 0.15) is 52.5 Å². The molecule has 130 valence electrons. The van der Waals surface area contributed by atoms with Gasteiger partial charge in [0.15, 0.2) is 5.01 Å². The van der Waals surface area contributed by atoms with Crippen LogP contribution >= 0.6 is 11.3 Å². The van der Waals surface area contributed by atoms with Crippen LogP contribution in [0.4, 0.5) is 13.2 Å². The third kappa shape index (κ3) is 4.73. The molecule has 0 radical (unpaired) electrons. The van der Waals surface area contributed by atoms with E-state index >= 15 is 0 Å². The van der Waals surface area contributed by atoms with E-state index in [1.165, 1.54) is 18.3 Å². The number of halogens is 3. The van der Waals surface area contributed by atoms with E-state index in [4.69, 9.17) is 0 Å². The van der Waals surface area contributed by atoms with E-state index in [1.54, 1.807) is 0 Å². The average Bonchev–Trinajstić information content (AvgIpc) is 2.95. The van der Waals surface area contributed by atoms with Crippen molar-refractivity contribution in [2.45, 2.75) is 39.3 Å². The van der Waals surface area contributed by atoms with Crippen LogP contribution in [0.5, 0.6) is 0 Å². The summed E-state index contributed by atoms with van der Waals surface area (Å²) in [5, 5.41) is 4.78. The zero-order chi connectivity index (χ0) is 17.9. The van der Waals surface area contributed by atoms with Gasteiger partial charge in [0.1, 0.15) is 11.5 Å². The Labute approximate surface area is 141 Å². The van der Waals surface area contributed by atoms with Crippen molar-refractivity contribution in [3.05, 3.63) is 39.4 Å².